The molecule has 0 bridgehead atoms. The standard InChI is InChI=1S/C18H22ClN/c1-13(10-11-20)12-15-6-8-16(9-7-15)17-4-3-5-18(19)14(17)2/h3-9,13H,10-12,20H2,1-2H3. The van der Waals surface area contributed by atoms with Crippen LogP contribution in [0.15, 0.2) is 42.5 Å². The number of nitrogens with two attached hydrogens (primary N) is 1. The molecule has 2 aromatic rings. The number of hydrogen-bond donors (Lipinski definition) is 1. The maximum absolute atomic E-state index is 6.19. The highest BCUT2D eigenvalue weighted by Crippen LogP contribution is 2.28. The van der Waals surface area contributed by atoms with E-state index in [0.717, 1.165) is 30.0 Å². The van der Waals surface area contributed by atoms with E-state index in [-0.39, 0.29) is 0 Å². The molecule has 0 amide bonds. The van der Waals surface area contributed by atoms with Crippen molar-refractivity contribution < 1.29 is 0 Å². The minimum atomic E-state index is 0.638. The lowest BCUT2D eigenvalue weighted by Gasteiger charge is -2.11. The quantitative estimate of drug-likeness (QED) is 0.836. The summed E-state index contributed by atoms with van der Waals surface area (Å²) < 4.78 is 0. The van der Waals surface area contributed by atoms with Gasteiger partial charge in [-0.1, -0.05) is 54.9 Å². The second-order valence-electron chi connectivity index (χ2n) is 5.50. The van der Waals surface area contributed by atoms with E-state index in [1.54, 1.807) is 0 Å². The molecule has 0 radical (unpaired) electrons. The largest absolute Gasteiger partial charge is 0.330 e. The summed E-state index contributed by atoms with van der Waals surface area (Å²) in [6, 6.07) is 14.8. The van der Waals surface area contributed by atoms with Gasteiger partial charge < -0.3 is 5.73 Å². The third-order valence-corrected chi connectivity index (χ3v) is 4.19. The normalized spacial score (nSPS) is 12.4. The van der Waals surface area contributed by atoms with Gasteiger partial charge >= 0.3 is 0 Å². The molecule has 20 heavy (non-hydrogen) atoms. The van der Waals surface area contributed by atoms with Gasteiger partial charge in [0.25, 0.3) is 0 Å². The summed E-state index contributed by atoms with van der Waals surface area (Å²) in [5, 5.41) is 0.822. The zero-order valence-corrected chi connectivity index (χ0v) is 13.0. The summed E-state index contributed by atoms with van der Waals surface area (Å²) in [4.78, 5) is 0. The predicted octanol–water partition coefficient (Wildman–Crippen LogP) is 4.84. The average Bonchev–Trinajstić information content (AvgIpc) is 2.43. The zero-order chi connectivity index (χ0) is 14.5. The molecule has 1 nitrogen and oxygen atoms in total. The summed E-state index contributed by atoms with van der Waals surface area (Å²) in [7, 11) is 0. The molecule has 0 aromatic heterocycles. The molecule has 0 heterocycles. The van der Waals surface area contributed by atoms with Crippen LogP contribution in [0.1, 0.15) is 24.5 Å². The van der Waals surface area contributed by atoms with Crippen molar-refractivity contribution in [2.75, 3.05) is 6.54 Å². The Morgan fingerprint density at radius 1 is 1.10 bits per heavy atom. The van der Waals surface area contributed by atoms with E-state index in [1.807, 2.05) is 12.1 Å². The number of rotatable bonds is 5. The average molecular weight is 288 g/mol. The summed E-state index contributed by atoms with van der Waals surface area (Å²) >= 11 is 6.19. The van der Waals surface area contributed by atoms with Crippen LogP contribution in [0, 0.1) is 12.8 Å². The van der Waals surface area contributed by atoms with Crippen molar-refractivity contribution in [1.82, 2.24) is 0 Å². The minimum absolute atomic E-state index is 0.638. The third-order valence-electron chi connectivity index (χ3n) is 3.78. The van der Waals surface area contributed by atoms with E-state index in [4.69, 9.17) is 17.3 Å². The predicted molar refractivity (Wildman–Crippen MR) is 88.2 cm³/mol. The Morgan fingerprint density at radius 3 is 2.45 bits per heavy atom. The SMILES string of the molecule is Cc1c(Cl)cccc1-c1ccc(CC(C)CCN)cc1. The van der Waals surface area contributed by atoms with Crippen molar-refractivity contribution in [3.05, 3.63) is 58.6 Å². The van der Waals surface area contributed by atoms with E-state index in [1.165, 1.54) is 16.7 Å². The Hall–Kier alpha value is -1.31. The summed E-state index contributed by atoms with van der Waals surface area (Å²) in [5.41, 5.74) is 10.5. The van der Waals surface area contributed by atoms with E-state index < -0.39 is 0 Å². The van der Waals surface area contributed by atoms with Crippen LogP contribution < -0.4 is 5.73 Å². The molecule has 0 saturated carbocycles. The first-order chi connectivity index (χ1) is 9.61. The first kappa shape index (κ1) is 15.1. The molecule has 2 N–H and O–H groups in total. The van der Waals surface area contributed by atoms with Crippen molar-refractivity contribution in [1.29, 1.82) is 0 Å². The van der Waals surface area contributed by atoms with Crippen LogP contribution in [-0.4, -0.2) is 6.54 Å². The molecule has 0 saturated heterocycles. The van der Waals surface area contributed by atoms with Crippen LogP contribution in [0.25, 0.3) is 11.1 Å². The first-order valence-corrected chi connectivity index (χ1v) is 7.54. The maximum Gasteiger partial charge on any atom is 0.0441 e. The van der Waals surface area contributed by atoms with E-state index in [2.05, 4.69) is 44.2 Å². The molecule has 0 aliphatic heterocycles. The molecular weight excluding hydrogens is 266 g/mol. The van der Waals surface area contributed by atoms with Crippen molar-refractivity contribution in [2.45, 2.75) is 26.7 Å². The van der Waals surface area contributed by atoms with Gasteiger partial charge in [-0.05, 0) is 60.5 Å². The van der Waals surface area contributed by atoms with Crippen LogP contribution in [0.4, 0.5) is 0 Å². The summed E-state index contributed by atoms with van der Waals surface area (Å²) in [5.74, 6) is 0.638. The van der Waals surface area contributed by atoms with Gasteiger partial charge in [-0.25, -0.2) is 0 Å². The van der Waals surface area contributed by atoms with Gasteiger partial charge in [-0.2, -0.15) is 0 Å². The second kappa shape index (κ2) is 6.92. The summed E-state index contributed by atoms with van der Waals surface area (Å²) in [6.07, 6.45) is 2.17. The van der Waals surface area contributed by atoms with Gasteiger partial charge in [0, 0.05) is 5.02 Å². The fourth-order valence-electron chi connectivity index (χ4n) is 2.53. The highest BCUT2D eigenvalue weighted by atomic mass is 35.5. The Bertz CT molecular complexity index is 560. The molecule has 2 aromatic carbocycles. The van der Waals surface area contributed by atoms with E-state index in [0.29, 0.717) is 5.92 Å². The Labute approximate surface area is 126 Å². The van der Waals surface area contributed by atoms with Crippen molar-refractivity contribution >= 4 is 11.6 Å². The maximum atomic E-state index is 6.19. The molecular formula is C18H22ClN. The molecule has 1 unspecified atom stereocenters. The molecule has 0 fully saturated rings. The van der Waals surface area contributed by atoms with Crippen LogP contribution in [0.3, 0.4) is 0 Å². The zero-order valence-electron chi connectivity index (χ0n) is 12.2. The highest BCUT2D eigenvalue weighted by Gasteiger charge is 2.06. The molecule has 106 valence electrons. The molecule has 0 aliphatic carbocycles. The lowest BCUT2D eigenvalue weighted by molar-refractivity contribution is 0.538. The fourth-order valence-corrected chi connectivity index (χ4v) is 2.70. The minimum Gasteiger partial charge on any atom is -0.330 e. The van der Waals surface area contributed by atoms with Crippen molar-refractivity contribution in [2.24, 2.45) is 11.7 Å². The van der Waals surface area contributed by atoms with Gasteiger partial charge in [0.1, 0.15) is 0 Å². The van der Waals surface area contributed by atoms with Crippen LogP contribution in [0.2, 0.25) is 5.02 Å². The third kappa shape index (κ3) is 3.62. The monoisotopic (exact) mass is 287 g/mol. The van der Waals surface area contributed by atoms with E-state index in [9.17, 15) is 0 Å². The Kier molecular flexibility index (Phi) is 5.22. The number of hydrogen-bond acceptors (Lipinski definition) is 1. The van der Waals surface area contributed by atoms with Gasteiger partial charge in [0.15, 0.2) is 0 Å². The highest BCUT2D eigenvalue weighted by molar-refractivity contribution is 6.31. The van der Waals surface area contributed by atoms with Gasteiger partial charge in [0.2, 0.25) is 0 Å². The van der Waals surface area contributed by atoms with Crippen molar-refractivity contribution in [3.63, 3.8) is 0 Å². The molecule has 0 spiro atoms. The van der Waals surface area contributed by atoms with Crippen LogP contribution in [0.5, 0.6) is 0 Å². The summed E-state index contributed by atoms with van der Waals surface area (Å²) in [6.45, 7) is 5.08. The van der Waals surface area contributed by atoms with Gasteiger partial charge in [-0.15, -0.1) is 0 Å². The molecule has 1 atom stereocenters. The lowest BCUT2D eigenvalue weighted by Crippen LogP contribution is -2.07. The van der Waals surface area contributed by atoms with Crippen LogP contribution in [-0.2, 0) is 6.42 Å². The molecule has 2 rings (SSSR count). The second-order valence-corrected chi connectivity index (χ2v) is 5.90. The van der Waals surface area contributed by atoms with E-state index >= 15 is 0 Å². The Morgan fingerprint density at radius 2 is 1.80 bits per heavy atom. The Balaban J connectivity index is 2.18. The van der Waals surface area contributed by atoms with Gasteiger partial charge in [-0.3, -0.25) is 0 Å². The number of benzene rings is 2. The van der Waals surface area contributed by atoms with Gasteiger partial charge in [0.05, 0.1) is 0 Å². The molecule has 2 heteroatoms. The fraction of sp³-hybridized carbons (Fsp3) is 0.333. The first-order valence-electron chi connectivity index (χ1n) is 7.16. The van der Waals surface area contributed by atoms with Crippen LogP contribution >= 0.6 is 11.6 Å². The lowest BCUT2D eigenvalue weighted by atomic mass is 9.95. The smallest absolute Gasteiger partial charge is 0.0441 e. The molecule has 0 aliphatic rings. The topological polar surface area (TPSA) is 26.0 Å². The number of halogens is 1. The van der Waals surface area contributed by atoms with Crippen molar-refractivity contribution in [3.8, 4) is 11.1 Å².